The Kier molecular flexibility index (Phi) is 7.29. The molecule has 0 aliphatic heterocycles. The summed E-state index contributed by atoms with van der Waals surface area (Å²) in [5, 5.41) is 2.82. The molecule has 0 radical (unpaired) electrons. The minimum atomic E-state index is -3.48. The van der Waals surface area contributed by atoms with Gasteiger partial charge in [0.1, 0.15) is 0 Å². The molecule has 0 aliphatic carbocycles. The molecule has 6 nitrogen and oxygen atoms in total. The van der Waals surface area contributed by atoms with E-state index in [1.807, 2.05) is 32.0 Å². The third kappa shape index (κ3) is 6.57. The highest BCUT2D eigenvalue weighted by atomic mass is 32.2. The molecule has 2 aromatic rings. The lowest BCUT2D eigenvalue weighted by Crippen LogP contribution is -2.27. The second-order valence-electron chi connectivity index (χ2n) is 6.49. The molecule has 26 heavy (non-hydrogen) atoms. The first-order chi connectivity index (χ1) is 12.4. The molecule has 2 rings (SSSR count). The van der Waals surface area contributed by atoms with Crippen LogP contribution in [-0.4, -0.2) is 25.9 Å². The van der Waals surface area contributed by atoms with Crippen molar-refractivity contribution in [3.8, 4) is 0 Å². The zero-order chi connectivity index (χ0) is 19.0. The third-order valence-electron chi connectivity index (χ3n) is 3.75. The number of amides is 1. The lowest BCUT2D eigenvalue weighted by Gasteiger charge is -2.09. The number of rotatable bonds is 9. The first kappa shape index (κ1) is 20.1. The summed E-state index contributed by atoms with van der Waals surface area (Å²) >= 11 is 0. The molecule has 0 fully saturated rings. The van der Waals surface area contributed by atoms with E-state index in [1.165, 1.54) is 0 Å². The SMILES string of the molecule is CC(C)CNS(=O)(=O)c1ccc(CCC(=O)NCc2ccccn2)cc1. The van der Waals surface area contributed by atoms with Crippen LogP contribution in [-0.2, 0) is 27.8 Å². The number of sulfonamides is 1. The van der Waals surface area contributed by atoms with E-state index in [0.717, 1.165) is 11.3 Å². The van der Waals surface area contributed by atoms with Gasteiger partial charge in [-0.25, -0.2) is 13.1 Å². The van der Waals surface area contributed by atoms with E-state index in [9.17, 15) is 13.2 Å². The fourth-order valence-corrected chi connectivity index (χ4v) is 3.45. The number of aryl methyl sites for hydroxylation is 1. The summed E-state index contributed by atoms with van der Waals surface area (Å²) in [6.45, 7) is 4.70. The third-order valence-corrected chi connectivity index (χ3v) is 5.19. The largest absolute Gasteiger partial charge is 0.350 e. The Hall–Kier alpha value is -2.25. The second-order valence-corrected chi connectivity index (χ2v) is 8.25. The maximum Gasteiger partial charge on any atom is 0.240 e. The van der Waals surface area contributed by atoms with E-state index in [1.54, 1.807) is 30.5 Å². The highest BCUT2D eigenvalue weighted by Gasteiger charge is 2.14. The molecule has 0 saturated carbocycles. The second kappa shape index (κ2) is 9.45. The Morgan fingerprint density at radius 3 is 2.46 bits per heavy atom. The van der Waals surface area contributed by atoms with E-state index in [4.69, 9.17) is 0 Å². The summed E-state index contributed by atoms with van der Waals surface area (Å²) in [5.74, 6) is 0.180. The van der Waals surface area contributed by atoms with Gasteiger partial charge in [0.25, 0.3) is 0 Å². The predicted octanol–water partition coefficient (Wildman–Crippen LogP) is 2.26. The van der Waals surface area contributed by atoms with Crippen LogP contribution in [0.3, 0.4) is 0 Å². The molecule has 2 N–H and O–H groups in total. The standard InChI is InChI=1S/C19H25N3O3S/c1-15(2)13-22-26(24,25)18-9-6-16(7-10-18)8-11-19(23)21-14-17-5-3-4-12-20-17/h3-7,9-10,12,15,22H,8,11,13-14H2,1-2H3,(H,21,23). The van der Waals surface area contributed by atoms with Crippen LogP contribution in [0.15, 0.2) is 53.6 Å². The van der Waals surface area contributed by atoms with Gasteiger partial charge in [0, 0.05) is 19.2 Å². The Morgan fingerprint density at radius 1 is 1.12 bits per heavy atom. The first-order valence-corrected chi connectivity index (χ1v) is 10.1. The van der Waals surface area contributed by atoms with Crippen molar-refractivity contribution in [3.05, 3.63) is 59.9 Å². The van der Waals surface area contributed by atoms with Gasteiger partial charge in [0.15, 0.2) is 0 Å². The van der Waals surface area contributed by atoms with Gasteiger partial charge in [-0.2, -0.15) is 0 Å². The molecular formula is C19H25N3O3S. The number of aromatic nitrogens is 1. The van der Waals surface area contributed by atoms with Crippen molar-refractivity contribution in [1.82, 2.24) is 15.0 Å². The zero-order valence-electron chi connectivity index (χ0n) is 15.1. The summed E-state index contributed by atoms with van der Waals surface area (Å²) in [7, 11) is -3.48. The van der Waals surface area contributed by atoms with Crippen molar-refractivity contribution in [2.75, 3.05) is 6.54 Å². The van der Waals surface area contributed by atoms with Crippen LogP contribution in [0.4, 0.5) is 0 Å². The highest BCUT2D eigenvalue weighted by molar-refractivity contribution is 7.89. The van der Waals surface area contributed by atoms with Crippen LogP contribution in [0, 0.1) is 5.92 Å². The van der Waals surface area contributed by atoms with Crippen LogP contribution in [0.5, 0.6) is 0 Å². The molecule has 1 amide bonds. The zero-order valence-corrected chi connectivity index (χ0v) is 15.9. The van der Waals surface area contributed by atoms with Gasteiger partial charge < -0.3 is 5.32 Å². The summed E-state index contributed by atoms with van der Waals surface area (Å²) in [4.78, 5) is 16.3. The van der Waals surface area contributed by atoms with Crippen LogP contribution < -0.4 is 10.0 Å². The van der Waals surface area contributed by atoms with Gasteiger partial charge in [0.05, 0.1) is 17.1 Å². The topological polar surface area (TPSA) is 88.2 Å². The van der Waals surface area contributed by atoms with Crippen molar-refractivity contribution in [1.29, 1.82) is 0 Å². The highest BCUT2D eigenvalue weighted by Crippen LogP contribution is 2.12. The number of hydrogen-bond donors (Lipinski definition) is 2. The molecule has 0 aliphatic rings. The fraction of sp³-hybridized carbons (Fsp3) is 0.368. The van der Waals surface area contributed by atoms with E-state index in [-0.39, 0.29) is 16.7 Å². The van der Waals surface area contributed by atoms with E-state index >= 15 is 0 Å². The average molecular weight is 375 g/mol. The van der Waals surface area contributed by atoms with Crippen LogP contribution in [0.25, 0.3) is 0 Å². The molecule has 0 saturated heterocycles. The van der Waals surface area contributed by atoms with E-state index in [2.05, 4.69) is 15.0 Å². The minimum absolute atomic E-state index is 0.0639. The number of carbonyl (C=O) groups is 1. The summed E-state index contributed by atoms with van der Waals surface area (Å²) in [5.41, 5.74) is 1.73. The van der Waals surface area contributed by atoms with Gasteiger partial charge >= 0.3 is 0 Å². The Bertz CT molecular complexity index is 804. The van der Waals surface area contributed by atoms with Crippen molar-refractivity contribution < 1.29 is 13.2 Å². The normalized spacial score (nSPS) is 11.5. The van der Waals surface area contributed by atoms with Crippen LogP contribution in [0.1, 0.15) is 31.5 Å². The van der Waals surface area contributed by atoms with Gasteiger partial charge in [0.2, 0.25) is 15.9 Å². The molecule has 0 unspecified atom stereocenters. The fourth-order valence-electron chi connectivity index (χ4n) is 2.23. The molecule has 0 bridgehead atoms. The molecule has 1 aromatic heterocycles. The molecule has 1 heterocycles. The van der Waals surface area contributed by atoms with Gasteiger partial charge in [-0.05, 0) is 42.2 Å². The Labute approximate surface area is 155 Å². The quantitative estimate of drug-likeness (QED) is 0.704. The van der Waals surface area contributed by atoms with Crippen LogP contribution in [0.2, 0.25) is 0 Å². The van der Waals surface area contributed by atoms with E-state index in [0.29, 0.717) is 25.9 Å². The van der Waals surface area contributed by atoms with Gasteiger partial charge in [-0.3, -0.25) is 9.78 Å². The lowest BCUT2D eigenvalue weighted by atomic mass is 10.1. The lowest BCUT2D eigenvalue weighted by molar-refractivity contribution is -0.121. The summed E-state index contributed by atoms with van der Waals surface area (Å²) in [6.07, 6.45) is 2.57. The van der Waals surface area contributed by atoms with Crippen molar-refractivity contribution in [3.63, 3.8) is 0 Å². The number of benzene rings is 1. The van der Waals surface area contributed by atoms with Crippen molar-refractivity contribution >= 4 is 15.9 Å². The average Bonchev–Trinajstić information content (AvgIpc) is 2.64. The number of carbonyl (C=O) groups excluding carboxylic acids is 1. The maximum atomic E-state index is 12.2. The van der Waals surface area contributed by atoms with Gasteiger partial charge in [-0.1, -0.05) is 32.0 Å². The summed E-state index contributed by atoms with van der Waals surface area (Å²) < 4.78 is 26.9. The molecule has 7 heteroatoms. The smallest absolute Gasteiger partial charge is 0.240 e. The predicted molar refractivity (Wildman–Crippen MR) is 101 cm³/mol. The minimum Gasteiger partial charge on any atom is -0.350 e. The number of nitrogens with one attached hydrogen (secondary N) is 2. The van der Waals surface area contributed by atoms with Gasteiger partial charge in [-0.15, -0.1) is 0 Å². The maximum absolute atomic E-state index is 12.2. The summed E-state index contributed by atoms with van der Waals surface area (Å²) in [6, 6.07) is 12.2. The monoisotopic (exact) mass is 375 g/mol. The molecule has 1 aromatic carbocycles. The van der Waals surface area contributed by atoms with E-state index < -0.39 is 10.0 Å². The number of nitrogens with zero attached hydrogens (tertiary/aromatic N) is 1. The first-order valence-electron chi connectivity index (χ1n) is 8.62. The Balaban J connectivity index is 1.82. The number of hydrogen-bond acceptors (Lipinski definition) is 4. The Morgan fingerprint density at radius 2 is 1.85 bits per heavy atom. The van der Waals surface area contributed by atoms with Crippen molar-refractivity contribution in [2.24, 2.45) is 5.92 Å². The molecular weight excluding hydrogens is 350 g/mol. The molecule has 0 atom stereocenters. The number of pyridine rings is 1. The van der Waals surface area contributed by atoms with Crippen LogP contribution >= 0.6 is 0 Å². The molecule has 0 spiro atoms. The molecule has 140 valence electrons. The van der Waals surface area contributed by atoms with Crippen molar-refractivity contribution in [2.45, 2.75) is 38.1 Å².